The lowest BCUT2D eigenvalue weighted by atomic mass is 10.1. The summed E-state index contributed by atoms with van der Waals surface area (Å²) in [7, 11) is -2.92. The number of rotatable bonds is 5. The molecule has 1 fully saturated rings. The number of carbonyl (C=O) groups is 1. The standard InChI is InChI=1S/C19H23N3O3S.2ClH/c20-18(13-15-5-2-1-3-6-15)19(23)21-16-7-4-8-17(14-16)22-9-11-26(24,25)12-10-22;;/h1-8,14,18H,9-13,20H2,(H,21,23);2*1H. The number of nitrogens with zero attached hydrogens (tertiary/aromatic N) is 1. The smallest absolute Gasteiger partial charge is 0.241 e. The van der Waals surface area contributed by atoms with Crippen molar-refractivity contribution in [3.8, 4) is 0 Å². The predicted molar refractivity (Wildman–Crippen MR) is 119 cm³/mol. The van der Waals surface area contributed by atoms with E-state index in [9.17, 15) is 13.2 Å². The SMILES string of the molecule is Cl.Cl.NC(Cc1ccccc1)C(=O)Nc1cccc(N2CCS(=O)(=O)CC2)c1. The molecule has 0 spiro atoms. The summed E-state index contributed by atoms with van der Waals surface area (Å²) in [5, 5.41) is 2.85. The highest BCUT2D eigenvalue weighted by atomic mass is 35.5. The first-order chi connectivity index (χ1) is 12.4. The van der Waals surface area contributed by atoms with Gasteiger partial charge in [-0.1, -0.05) is 36.4 Å². The van der Waals surface area contributed by atoms with E-state index in [1.54, 1.807) is 6.07 Å². The highest BCUT2D eigenvalue weighted by Gasteiger charge is 2.22. The molecule has 6 nitrogen and oxygen atoms in total. The largest absolute Gasteiger partial charge is 0.369 e. The van der Waals surface area contributed by atoms with Crippen LogP contribution in [0.2, 0.25) is 0 Å². The van der Waals surface area contributed by atoms with E-state index in [1.165, 1.54) is 0 Å². The van der Waals surface area contributed by atoms with Crippen molar-refractivity contribution in [1.82, 2.24) is 0 Å². The molecular formula is C19H25Cl2N3O3S. The number of sulfone groups is 1. The minimum Gasteiger partial charge on any atom is -0.369 e. The van der Waals surface area contributed by atoms with Gasteiger partial charge in [0.2, 0.25) is 5.91 Å². The number of amides is 1. The van der Waals surface area contributed by atoms with Crippen molar-refractivity contribution in [2.24, 2.45) is 5.73 Å². The third kappa shape index (κ3) is 6.67. The van der Waals surface area contributed by atoms with Gasteiger partial charge in [-0.3, -0.25) is 4.79 Å². The Kier molecular flexibility index (Phi) is 9.23. The predicted octanol–water partition coefficient (Wildman–Crippen LogP) is 2.27. The summed E-state index contributed by atoms with van der Waals surface area (Å²) in [4.78, 5) is 14.4. The van der Waals surface area contributed by atoms with E-state index in [-0.39, 0.29) is 42.2 Å². The number of anilines is 2. The van der Waals surface area contributed by atoms with Crippen molar-refractivity contribution in [2.75, 3.05) is 34.8 Å². The first-order valence-electron chi connectivity index (χ1n) is 8.59. The van der Waals surface area contributed by atoms with Crippen molar-refractivity contribution in [1.29, 1.82) is 0 Å². The number of carbonyl (C=O) groups excluding carboxylic acids is 1. The summed E-state index contributed by atoms with van der Waals surface area (Å²) in [5.41, 5.74) is 8.59. The summed E-state index contributed by atoms with van der Waals surface area (Å²) in [5.74, 6) is 0.0732. The minimum atomic E-state index is -2.92. The van der Waals surface area contributed by atoms with E-state index in [1.807, 2.05) is 53.4 Å². The summed E-state index contributed by atoms with van der Waals surface area (Å²) < 4.78 is 23.1. The molecule has 0 radical (unpaired) electrons. The maximum atomic E-state index is 12.4. The highest BCUT2D eigenvalue weighted by Crippen LogP contribution is 2.21. The Bertz CT molecular complexity index is 865. The molecule has 28 heavy (non-hydrogen) atoms. The number of halogens is 2. The molecule has 3 rings (SSSR count). The topological polar surface area (TPSA) is 92.5 Å². The zero-order valence-electron chi connectivity index (χ0n) is 15.3. The molecule has 0 bridgehead atoms. The Morgan fingerprint density at radius 3 is 2.32 bits per heavy atom. The Balaban J connectivity index is 0.00000196. The van der Waals surface area contributed by atoms with Gasteiger partial charge in [0.05, 0.1) is 17.5 Å². The number of hydrogen-bond acceptors (Lipinski definition) is 5. The van der Waals surface area contributed by atoms with Crippen LogP contribution in [0.5, 0.6) is 0 Å². The van der Waals surface area contributed by atoms with Crippen LogP contribution in [0.15, 0.2) is 54.6 Å². The van der Waals surface area contributed by atoms with Gasteiger partial charge in [-0.05, 0) is 30.2 Å². The van der Waals surface area contributed by atoms with Crippen molar-refractivity contribution in [2.45, 2.75) is 12.5 Å². The second kappa shape index (κ2) is 10.7. The molecule has 1 saturated heterocycles. The number of benzene rings is 2. The van der Waals surface area contributed by atoms with Gasteiger partial charge in [0, 0.05) is 24.5 Å². The molecule has 1 aliphatic rings. The quantitative estimate of drug-likeness (QED) is 0.735. The Hall–Kier alpha value is -1.80. The van der Waals surface area contributed by atoms with Crippen LogP contribution < -0.4 is 16.0 Å². The molecule has 154 valence electrons. The van der Waals surface area contributed by atoms with Gasteiger partial charge in [-0.25, -0.2) is 8.42 Å². The minimum absolute atomic E-state index is 0. The van der Waals surface area contributed by atoms with Gasteiger partial charge in [-0.15, -0.1) is 24.8 Å². The van der Waals surface area contributed by atoms with Gasteiger partial charge in [-0.2, -0.15) is 0 Å². The van der Waals surface area contributed by atoms with Gasteiger partial charge in [0.25, 0.3) is 0 Å². The lowest BCUT2D eigenvalue weighted by Crippen LogP contribution is -2.40. The first kappa shape index (κ1) is 24.2. The lowest BCUT2D eigenvalue weighted by molar-refractivity contribution is -0.117. The summed E-state index contributed by atoms with van der Waals surface area (Å²) in [6.07, 6.45) is 0.469. The van der Waals surface area contributed by atoms with Crippen LogP contribution in [-0.4, -0.2) is 45.0 Å². The second-order valence-electron chi connectivity index (χ2n) is 6.47. The molecule has 1 heterocycles. The molecule has 1 unspecified atom stereocenters. The lowest BCUT2D eigenvalue weighted by Gasteiger charge is -2.29. The van der Waals surface area contributed by atoms with Gasteiger partial charge >= 0.3 is 0 Å². The van der Waals surface area contributed by atoms with Gasteiger partial charge in [0.1, 0.15) is 0 Å². The third-order valence-electron chi connectivity index (χ3n) is 4.46. The zero-order chi connectivity index (χ0) is 18.6. The fraction of sp³-hybridized carbons (Fsp3) is 0.316. The fourth-order valence-corrected chi connectivity index (χ4v) is 4.15. The molecule has 1 amide bonds. The van der Waals surface area contributed by atoms with Crippen LogP contribution in [0.25, 0.3) is 0 Å². The van der Waals surface area contributed by atoms with E-state index in [4.69, 9.17) is 5.73 Å². The van der Waals surface area contributed by atoms with Crippen LogP contribution in [0.4, 0.5) is 11.4 Å². The van der Waals surface area contributed by atoms with Crippen molar-refractivity contribution in [3.05, 3.63) is 60.2 Å². The number of nitrogens with two attached hydrogens (primary N) is 1. The Morgan fingerprint density at radius 2 is 1.68 bits per heavy atom. The van der Waals surface area contributed by atoms with E-state index in [2.05, 4.69) is 5.32 Å². The summed E-state index contributed by atoms with van der Waals surface area (Å²) in [6.45, 7) is 0.931. The average molecular weight is 446 g/mol. The van der Waals surface area contributed by atoms with Crippen molar-refractivity contribution >= 4 is 51.9 Å². The van der Waals surface area contributed by atoms with Crippen LogP contribution in [0, 0.1) is 0 Å². The second-order valence-corrected chi connectivity index (χ2v) is 8.78. The van der Waals surface area contributed by atoms with Crippen LogP contribution in [-0.2, 0) is 21.1 Å². The molecule has 0 aromatic heterocycles. The maximum Gasteiger partial charge on any atom is 0.241 e. The monoisotopic (exact) mass is 445 g/mol. The maximum absolute atomic E-state index is 12.4. The highest BCUT2D eigenvalue weighted by molar-refractivity contribution is 7.91. The molecule has 3 N–H and O–H groups in total. The average Bonchev–Trinajstić information content (AvgIpc) is 2.62. The Labute approximate surface area is 178 Å². The van der Waals surface area contributed by atoms with Crippen LogP contribution in [0.3, 0.4) is 0 Å². The molecule has 2 aromatic carbocycles. The molecule has 9 heteroatoms. The van der Waals surface area contributed by atoms with E-state index in [0.717, 1.165) is 11.3 Å². The fourth-order valence-electron chi connectivity index (χ4n) is 2.95. The molecule has 0 aliphatic carbocycles. The summed E-state index contributed by atoms with van der Waals surface area (Å²) in [6, 6.07) is 16.4. The van der Waals surface area contributed by atoms with Gasteiger partial charge < -0.3 is 16.0 Å². The van der Waals surface area contributed by atoms with E-state index < -0.39 is 15.9 Å². The van der Waals surface area contributed by atoms with Crippen molar-refractivity contribution < 1.29 is 13.2 Å². The third-order valence-corrected chi connectivity index (χ3v) is 6.07. The van der Waals surface area contributed by atoms with E-state index in [0.29, 0.717) is 25.2 Å². The first-order valence-corrected chi connectivity index (χ1v) is 10.4. The molecule has 1 aliphatic heterocycles. The molecule has 0 saturated carbocycles. The number of hydrogen-bond donors (Lipinski definition) is 2. The van der Waals surface area contributed by atoms with Crippen molar-refractivity contribution in [3.63, 3.8) is 0 Å². The van der Waals surface area contributed by atoms with Crippen LogP contribution in [0.1, 0.15) is 5.56 Å². The number of nitrogens with one attached hydrogen (secondary N) is 1. The molecular weight excluding hydrogens is 421 g/mol. The Morgan fingerprint density at radius 1 is 1.04 bits per heavy atom. The normalized spacial score (nSPS) is 16.2. The van der Waals surface area contributed by atoms with Crippen LogP contribution >= 0.6 is 24.8 Å². The van der Waals surface area contributed by atoms with Gasteiger partial charge in [0.15, 0.2) is 9.84 Å². The molecule has 2 aromatic rings. The summed E-state index contributed by atoms with van der Waals surface area (Å²) >= 11 is 0. The van der Waals surface area contributed by atoms with E-state index >= 15 is 0 Å². The molecule has 1 atom stereocenters. The zero-order valence-corrected chi connectivity index (χ0v) is 17.7.